The largest absolute Gasteiger partial charge is 0.506 e. The average Bonchev–Trinajstić information content (AvgIpc) is 3.39. The molecular weight excluding hydrogens is 486 g/mol. The van der Waals surface area contributed by atoms with Gasteiger partial charge in [-0.2, -0.15) is 9.40 Å². The fraction of sp³-hybridized carbons (Fsp3) is 0.320. The van der Waals surface area contributed by atoms with E-state index in [-0.39, 0.29) is 28.8 Å². The van der Waals surface area contributed by atoms with Gasteiger partial charge in [0.15, 0.2) is 5.65 Å². The van der Waals surface area contributed by atoms with Crippen LogP contribution in [0.1, 0.15) is 38.3 Å². The Hall–Kier alpha value is -3.01. The molecule has 10 heteroatoms. The fourth-order valence-electron chi connectivity index (χ4n) is 5.28. The number of hydrogen-bond acceptors (Lipinski definition) is 6. The van der Waals surface area contributed by atoms with E-state index < -0.39 is 10.0 Å². The summed E-state index contributed by atoms with van der Waals surface area (Å²) in [7, 11) is -3.36. The molecule has 1 saturated heterocycles. The summed E-state index contributed by atoms with van der Waals surface area (Å²) in [6.45, 7) is 3.97. The zero-order valence-electron chi connectivity index (χ0n) is 19.6. The van der Waals surface area contributed by atoms with Crippen LogP contribution in [0.15, 0.2) is 55.0 Å². The van der Waals surface area contributed by atoms with Crippen molar-refractivity contribution in [1.82, 2.24) is 23.9 Å². The summed E-state index contributed by atoms with van der Waals surface area (Å²) in [5.41, 5.74) is 4.53. The first-order valence-corrected chi connectivity index (χ1v) is 13.7. The maximum absolute atomic E-state index is 12.6. The number of nitrogens with zero attached hydrogens (tertiary/aromatic N) is 5. The standard InChI is InChI=1S/C25H26ClN5O3S/c1-4-18-14-19(15(2)31(18)35(3,33)34)21-9-12-28-25-23(17-5-6-20(26)22(32)13-17)24(29-30(21)25)16-7-10-27-11-8-16/h5-13,15,18-19,32H,4,14H2,1-3H3. The molecule has 4 heterocycles. The summed E-state index contributed by atoms with van der Waals surface area (Å²) in [5.74, 6) is -0.0869. The van der Waals surface area contributed by atoms with Crippen LogP contribution in [0, 0.1) is 0 Å². The number of phenolic OH excluding ortho intramolecular Hbond substituents is 1. The predicted molar refractivity (Wildman–Crippen MR) is 136 cm³/mol. The Labute approximate surface area is 209 Å². The van der Waals surface area contributed by atoms with E-state index in [0.29, 0.717) is 17.8 Å². The van der Waals surface area contributed by atoms with Crippen molar-refractivity contribution in [2.45, 2.75) is 44.7 Å². The highest BCUT2D eigenvalue weighted by molar-refractivity contribution is 7.88. The quantitative estimate of drug-likeness (QED) is 0.415. The van der Waals surface area contributed by atoms with Crippen molar-refractivity contribution in [2.24, 2.45) is 0 Å². The molecule has 8 nitrogen and oxygen atoms in total. The third-order valence-corrected chi connectivity index (χ3v) is 8.56. The topological polar surface area (TPSA) is 101 Å². The van der Waals surface area contributed by atoms with Gasteiger partial charge in [0.1, 0.15) is 11.4 Å². The molecule has 1 aromatic carbocycles. The van der Waals surface area contributed by atoms with Gasteiger partial charge in [-0.25, -0.2) is 17.9 Å². The Balaban J connectivity index is 1.74. The molecule has 3 aromatic heterocycles. The van der Waals surface area contributed by atoms with Gasteiger partial charge < -0.3 is 5.11 Å². The number of benzene rings is 1. The second-order valence-corrected chi connectivity index (χ2v) is 11.3. The Bertz CT molecular complexity index is 1510. The number of fused-ring (bicyclic) bond motifs is 1. The monoisotopic (exact) mass is 511 g/mol. The molecule has 0 saturated carbocycles. The second kappa shape index (κ2) is 8.89. The van der Waals surface area contributed by atoms with Crippen LogP contribution in [0.2, 0.25) is 5.02 Å². The molecule has 0 spiro atoms. The first-order valence-electron chi connectivity index (χ1n) is 11.5. The smallest absolute Gasteiger partial charge is 0.211 e. The molecule has 1 fully saturated rings. The Morgan fingerprint density at radius 3 is 2.49 bits per heavy atom. The normalized spacial score (nSPS) is 21.1. The van der Waals surface area contributed by atoms with Crippen LogP contribution in [-0.4, -0.2) is 55.8 Å². The molecule has 3 unspecified atom stereocenters. The maximum Gasteiger partial charge on any atom is 0.211 e. The van der Waals surface area contributed by atoms with E-state index >= 15 is 0 Å². The average molecular weight is 512 g/mol. The van der Waals surface area contributed by atoms with Gasteiger partial charge in [0.2, 0.25) is 10.0 Å². The van der Waals surface area contributed by atoms with Crippen molar-refractivity contribution in [1.29, 1.82) is 0 Å². The molecule has 1 aliphatic heterocycles. The van der Waals surface area contributed by atoms with Crippen LogP contribution in [-0.2, 0) is 10.0 Å². The number of pyridine rings is 1. The number of aromatic nitrogens is 4. The first-order chi connectivity index (χ1) is 16.7. The van der Waals surface area contributed by atoms with Gasteiger partial charge in [0.05, 0.1) is 22.5 Å². The van der Waals surface area contributed by atoms with Gasteiger partial charge in [-0.15, -0.1) is 0 Å². The molecule has 0 aliphatic carbocycles. The van der Waals surface area contributed by atoms with E-state index in [4.69, 9.17) is 16.7 Å². The van der Waals surface area contributed by atoms with Gasteiger partial charge in [0.25, 0.3) is 0 Å². The lowest BCUT2D eigenvalue weighted by Crippen LogP contribution is -2.39. The van der Waals surface area contributed by atoms with E-state index in [0.717, 1.165) is 28.8 Å². The summed E-state index contributed by atoms with van der Waals surface area (Å²) < 4.78 is 28.6. The zero-order valence-corrected chi connectivity index (χ0v) is 21.2. The van der Waals surface area contributed by atoms with Crippen LogP contribution >= 0.6 is 11.6 Å². The first kappa shape index (κ1) is 23.7. The zero-order chi connectivity index (χ0) is 24.9. The van der Waals surface area contributed by atoms with E-state index in [2.05, 4.69) is 9.97 Å². The van der Waals surface area contributed by atoms with Crippen molar-refractivity contribution < 1.29 is 13.5 Å². The lowest BCUT2D eigenvalue weighted by molar-refractivity contribution is 0.326. The van der Waals surface area contributed by atoms with Crippen molar-refractivity contribution in [3.63, 3.8) is 0 Å². The SMILES string of the molecule is CCC1CC(c2ccnc3c(-c4ccc(Cl)c(O)c4)c(-c4ccncc4)nn23)C(C)N1S(C)(=O)=O. The minimum absolute atomic E-state index is 0.0284. The van der Waals surface area contributed by atoms with Gasteiger partial charge in [-0.1, -0.05) is 24.6 Å². The minimum atomic E-state index is -3.36. The van der Waals surface area contributed by atoms with Crippen LogP contribution in [0.5, 0.6) is 5.75 Å². The highest BCUT2D eigenvalue weighted by Crippen LogP contribution is 2.42. The van der Waals surface area contributed by atoms with Gasteiger partial charge in [-0.3, -0.25) is 4.98 Å². The molecular formula is C25H26ClN5O3S. The molecule has 0 amide bonds. The van der Waals surface area contributed by atoms with E-state index in [1.54, 1.807) is 35.0 Å². The lowest BCUT2D eigenvalue weighted by atomic mass is 9.95. The molecule has 1 N–H and O–H groups in total. The van der Waals surface area contributed by atoms with Crippen molar-refractivity contribution in [2.75, 3.05) is 6.26 Å². The van der Waals surface area contributed by atoms with Crippen LogP contribution in [0.3, 0.4) is 0 Å². The second-order valence-electron chi connectivity index (χ2n) is 8.97. The molecule has 5 rings (SSSR count). The highest BCUT2D eigenvalue weighted by Gasteiger charge is 2.44. The summed E-state index contributed by atoms with van der Waals surface area (Å²) >= 11 is 6.07. The predicted octanol–water partition coefficient (Wildman–Crippen LogP) is 4.73. The molecule has 3 atom stereocenters. The summed E-state index contributed by atoms with van der Waals surface area (Å²) in [5, 5.41) is 15.5. The summed E-state index contributed by atoms with van der Waals surface area (Å²) in [6, 6.07) is 10.4. The number of hydrogen-bond donors (Lipinski definition) is 1. The van der Waals surface area contributed by atoms with Gasteiger partial charge >= 0.3 is 0 Å². The van der Waals surface area contributed by atoms with E-state index in [9.17, 15) is 13.5 Å². The van der Waals surface area contributed by atoms with Crippen LogP contribution in [0.25, 0.3) is 28.0 Å². The van der Waals surface area contributed by atoms with Crippen LogP contribution < -0.4 is 0 Å². The maximum atomic E-state index is 12.6. The number of sulfonamides is 1. The van der Waals surface area contributed by atoms with Crippen LogP contribution in [0.4, 0.5) is 0 Å². The van der Waals surface area contributed by atoms with E-state index in [1.165, 1.54) is 6.26 Å². The minimum Gasteiger partial charge on any atom is -0.506 e. The number of phenols is 1. The van der Waals surface area contributed by atoms with Crippen molar-refractivity contribution in [3.8, 4) is 28.1 Å². The highest BCUT2D eigenvalue weighted by atomic mass is 35.5. The fourth-order valence-corrected chi connectivity index (χ4v) is 6.93. The molecule has 182 valence electrons. The van der Waals surface area contributed by atoms with E-state index in [1.807, 2.05) is 42.6 Å². The summed E-state index contributed by atoms with van der Waals surface area (Å²) in [6.07, 6.45) is 7.84. The van der Waals surface area contributed by atoms with Crippen molar-refractivity contribution in [3.05, 3.63) is 65.7 Å². The number of halogens is 1. The van der Waals surface area contributed by atoms with Gasteiger partial charge in [-0.05, 0) is 55.7 Å². The lowest BCUT2D eigenvalue weighted by Gasteiger charge is -2.26. The third kappa shape index (κ3) is 4.07. The molecule has 0 radical (unpaired) electrons. The molecule has 0 bridgehead atoms. The molecule has 35 heavy (non-hydrogen) atoms. The Kier molecular flexibility index (Phi) is 6.03. The number of rotatable bonds is 5. The third-order valence-electron chi connectivity index (χ3n) is 6.84. The molecule has 4 aromatic rings. The Morgan fingerprint density at radius 2 is 1.86 bits per heavy atom. The molecule has 1 aliphatic rings. The van der Waals surface area contributed by atoms with Crippen molar-refractivity contribution >= 4 is 27.3 Å². The Morgan fingerprint density at radius 1 is 1.11 bits per heavy atom. The van der Waals surface area contributed by atoms with Gasteiger partial charge in [0, 0.05) is 42.2 Å². The number of aromatic hydroxyl groups is 1. The summed E-state index contributed by atoms with van der Waals surface area (Å²) in [4.78, 5) is 8.78.